The molecule has 24 heavy (non-hydrogen) atoms. The molecule has 8 N–H and O–H groups in total. The summed E-state index contributed by atoms with van der Waals surface area (Å²) in [5.74, 6) is -1.98. The van der Waals surface area contributed by atoms with Gasteiger partial charge < -0.3 is 18.0 Å². The molecule has 0 amide bonds. The average molecular weight is 355 g/mol. The molecule has 130 valence electrons. The minimum atomic E-state index is -1.01. The van der Waals surface area contributed by atoms with Gasteiger partial charge in [0.15, 0.2) is 16.6 Å². The molecule has 6 nitrogen and oxygen atoms in total. The third-order valence-corrected chi connectivity index (χ3v) is 4.35. The van der Waals surface area contributed by atoms with E-state index in [1.165, 1.54) is 21.8 Å². The van der Waals surface area contributed by atoms with Gasteiger partial charge in [-0.15, -0.1) is 11.3 Å². The first-order valence-electron chi connectivity index (χ1n) is 6.62. The first-order chi connectivity index (χ1) is 10.4. The van der Waals surface area contributed by atoms with Gasteiger partial charge >= 0.3 is 0 Å². The Labute approximate surface area is 141 Å². The second-order valence-corrected chi connectivity index (χ2v) is 5.93. The van der Waals surface area contributed by atoms with Crippen LogP contribution in [0, 0.1) is 18.6 Å². The van der Waals surface area contributed by atoms with Crippen LogP contribution in [0.5, 0.6) is 0 Å². The van der Waals surface area contributed by atoms with Crippen molar-refractivity contribution in [3.63, 3.8) is 0 Å². The second kappa shape index (κ2) is 7.14. The molecule has 0 spiro atoms. The van der Waals surface area contributed by atoms with E-state index in [2.05, 4.69) is 4.98 Å². The Bertz CT molecular complexity index is 935. The Morgan fingerprint density at radius 3 is 2.54 bits per heavy atom. The van der Waals surface area contributed by atoms with Crippen molar-refractivity contribution in [3.05, 3.63) is 63.1 Å². The van der Waals surface area contributed by atoms with Crippen molar-refractivity contribution in [3.8, 4) is 11.1 Å². The highest BCUT2D eigenvalue weighted by Gasteiger charge is 2.20. The van der Waals surface area contributed by atoms with Crippen molar-refractivity contribution in [2.75, 3.05) is 0 Å². The van der Waals surface area contributed by atoms with Crippen LogP contribution in [0.15, 0.2) is 28.4 Å². The fourth-order valence-corrected chi connectivity index (χ4v) is 3.22. The summed E-state index contributed by atoms with van der Waals surface area (Å²) < 4.78 is 28.1. The number of hydrogen-bond donors (Lipinski definition) is 2. The molecule has 2 aromatic heterocycles. The summed E-state index contributed by atoms with van der Waals surface area (Å²) in [6.45, 7) is 3.48. The van der Waals surface area contributed by atoms with E-state index in [4.69, 9.17) is 5.73 Å². The smallest absolute Gasteiger partial charge is 0.266 e. The highest BCUT2D eigenvalue weighted by molar-refractivity contribution is 7.15. The summed E-state index contributed by atoms with van der Waals surface area (Å²) in [5, 5.41) is 1.81. The molecule has 2 heterocycles. The predicted octanol–water partition coefficient (Wildman–Crippen LogP) is 4.12. The van der Waals surface area contributed by atoms with Crippen LogP contribution < -0.4 is 17.4 Å². The lowest BCUT2D eigenvalue weighted by Crippen LogP contribution is -2.22. The average Bonchev–Trinajstić information content (AvgIpc) is 2.83. The van der Waals surface area contributed by atoms with E-state index < -0.39 is 17.7 Å². The quantitative estimate of drug-likeness (QED) is 0.716. The summed E-state index contributed by atoms with van der Waals surface area (Å²) in [6.07, 6.45) is 0. The van der Waals surface area contributed by atoms with Crippen molar-refractivity contribution < 1.29 is 8.78 Å². The van der Waals surface area contributed by atoms with Gasteiger partial charge in [0, 0.05) is 17.1 Å². The van der Waals surface area contributed by atoms with Crippen molar-refractivity contribution in [1.29, 1.82) is 0 Å². The number of hydrogen-bond acceptors (Lipinski definition) is 4. The summed E-state index contributed by atoms with van der Waals surface area (Å²) >= 11 is 1.33. The third-order valence-electron chi connectivity index (χ3n) is 3.41. The lowest BCUT2D eigenvalue weighted by Gasteiger charge is -2.12. The van der Waals surface area contributed by atoms with Crippen molar-refractivity contribution in [2.45, 2.75) is 19.9 Å². The maximum absolute atomic E-state index is 13.5. The van der Waals surface area contributed by atoms with Gasteiger partial charge in [-0.3, -0.25) is 9.20 Å². The normalized spacial score (nSPS) is 11.7. The van der Waals surface area contributed by atoms with Crippen molar-refractivity contribution >= 4 is 16.3 Å². The van der Waals surface area contributed by atoms with Crippen LogP contribution in [0.3, 0.4) is 0 Å². The van der Waals surface area contributed by atoms with Crippen LogP contribution in [-0.4, -0.2) is 9.38 Å². The summed E-state index contributed by atoms with van der Waals surface area (Å²) in [5.41, 5.74) is 7.16. The molecule has 3 aromatic rings. The number of aryl methyl sites for hydroxylation is 1. The lowest BCUT2D eigenvalue weighted by molar-refractivity contribution is 0.509. The largest absolute Gasteiger partial charge is 0.693 e. The monoisotopic (exact) mass is 355 g/mol. The Morgan fingerprint density at radius 1 is 1.29 bits per heavy atom. The fraction of sp³-hybridized carbons (Fsp3) is 0.200. The molecule has 0 saturated carbocycles. The molecule has 0 radical (unpaired) electrons. The molecule has 0 aliphatic carbocycles. The highest BCUT2D eigenvalue weighted by Crippen LogP contribution is 2.26. The number of halogens is 2. The lowest BCUT2D eigenvalue weighted by atomic mass is 10.0. The molecule has 1 unspecified atom stereocenters. The number of thiazole rings is 1. The van der Waals surface area contributed by atoms with Crippen molar-refractivity contribution in [1.82, 2.24) is 15.5 Å². The standard InChI is InChI=1S/C15H13F2N3OS.H3N.H2N/c1-7-6-22-15-19-13(8(2)18)12(14(21)20(7)15)9-3-4-10(16)11(17)5-9;;/h3-6,8H,18H2,1-2H3;1H3;1H2/q;;-1/p+1. The Kier molecular flexibility index (Phi) is 5.90. The van der Waals surface area contributed by atoms with Crippen LogP contribution in [0.2, 0.25) is 0 Å². The van der Waals surface area contributed by atoms with E-state index in [0.29, 0.717) is 10.7 Å². The van der Waals surface area contributed by atoms with E-state index in [9.17, 15) is 13.6 Å². The number of fused-ring (bicyclic) bond motifs is 1. The first kappa shape index (κ1) is 19.8. The van der Waals surface area contributed by atoms with Gasteiger partial charge in [-0.25, -0.2) is 13.8 Å². The maximum Gasteiger partial charge on any atom is 0.266 e. The number of quaternary nitrogens is 1. The summed E-state index contributed by atoms with van der Waals surface area (Å²) in [6, 6.07) is 2.83. The number of aromatic nitrogens is 2. The molecule has 3 rings (SSSR count). The Balaban J connectivity index is 0.00000144. The maximum atomic E-state index is 13.5. The summed E-state index contributed by atoms with van der Waals surface area (Å²) in [4.78, 5) is 17.7. The number of benzene rings is 1. The van der Waals surface area contributed by atoms with Crippen LogP contribution in [0.4, 0.5) is 8.78 Å². The number of nitrogens with two attached hydrogens (primary N) is 2. The van der Waals surface area contributed by atoms with Crippen LogP contribution in [0.25, 0.3) is 22.2 Å². The zero-order valence-corrected chi connectivity index (χ0v) is 14.3. The van der Waals surface area contributed by atoms with Gasteiger partial charge in [-0.2, -0.15) is 0 Å². The topological polar surface area (TPSA) is 130 Å². The molecule has 0 aliphatic heterocycles. The molecule has 0 saturated heterocycles. The molecule has 0 aliphatic rings. The fourth-order valence-electron chi connectivity index (χ4n) is 2.35. The van der Waals surface area contributed by atoms with E-state index in [1.807, 2.05) is 5.38 Å². The first-order valence-corrected chi connectivity index (χ1v) is 7.50. The van der Waals surface area contributed by atoms with Gasteiger partial charge in [0.25, 0.3) is 5.56 Å². The number of nitrogens with zero attached hydrogens (tertiary/aromatic N) is 2. The van der Waals surface area contributed by atoms with Gasteiger partial charge in [0.2, 0.25) is 0 Å². The van der Waals surface area contributed by atoms with Crippen LogP contribution in [-0.2, 0) is 0 Å². The molecule has 9 heteroatoms. The van der Waals surface area contributed by atoms with Gasteiger partial charge in [0.05, 0.1) is 11.3 Å². The highest BCUT2D eigenvalue weighted by atomic mass is 32.1. The zero-order chi connectivity index (χ0) is 16.0. The molecular formula is C15H19F2N5OS. The van der Waals surface area contributed by atoms with E-state index in [0.717, 1.165) is 17.8 Å². The van der Waals surface area contributed by atoms with E-state index >= 15 is 0 Å². The van der Waals surface area contributed by atoms with Gasteiger partial charge in [-0.1, -0.05) is 6.07 Å². The van der Waals surface area contributed by atoms with E-state index in [1.54, 1.807) is 13.8 Å². The predicted molar refractivity (Wildman–Crippen MR) is 93.3 cm³/mol. The van der Waals surface area contributed by atoms with Crippen LogP contribution >= 0.6 is 11.3 Å². The zero-order valence-electron chi connectivity index (χ0n) is 13.5. The van der Waals surface area contributed by atoms with Gasteiger partial charge in [-0.05, 0) is 31.5 Å². The Morgan fingerprint density at radius 2 is 1.96 bits per heavy atom. The third kappa shape index (κ3) is 3.06. The Hall–Kier alpha value is -2.20. The molecule has 0 bridgehead atoms. The van der Waals surface area contributed by atoms with Gasteiger partial charge in [0.1, 0.15) is 0 Å². The minimum Gasteiger partial charge on any atom is -0.693 e. The molecular weight excluding hydrogens is 336 g/mol. The molecule has 0 fully saturated rings. The van der Waals surface area contributed by atoms with Crippen molar-refractivity contribution in [2.24, 2.45) is 5.73 Å². The minimum absolute atomic E-state index is 0. The van der Waals surface area contributed by atoms with E-state index in [-0.39, 0.29) is 29.0 Å². The molecule has 1 atom stereocenters. The second-order valence-electron chi connectivity index (χ2n) is 5.09. The molecule has 1 aromatic carbocycles. The summed E-state index contributed by atoms with van der Waals surface area (Å²) in [7, 11) is 0. The van der Waals surface area contributed by atoms with Crippen LogP contribution in [0.1, 0.15) is 24.4 Å². The SMILES string of the molecule is Cc1csc2nc(C(C)N)c(-c3ccc(F)c(F)c3)c(=O)n12.[NH2-].[NH4+]. The number of rotatable bonds is 2.